The van der Waals surface area contributed by atoms with E-state index in [1.54, 1.807) is 6.20 Å². The smallest absolute Gasteiger partial charge is 0.132 e. The van der Waals surface area contributed by atoms with Crippen LogP contribution in [0.1, 0.15) is 5.82 Å². The molecule has 0 aliphatic heterocycles. The maximum absolute atomic E-state index is 4.38. The van der Waals surface area contributed by atoms with E-state index in [4.69, 9.17) is 0 Å². The van der Waals surface area contributed by atoms with Crippen molar-refractivity contribution in [2.75, 3.05) is 0 Å². The number of aromatic nitrogens is 3. The maximum Gasteiger partial charge on any atom is 0.132 e. The predicted molar refractivity (Wildman–Crippen MR) is 66.9 cm³/mol. The van der Waals surface area contributed by atoms with Crippen molar-refractivity contribution in [1.82, 2.24) is 14.5 Å². The van der Waals surface area contributed by atoms with Gasteiger partial charge in [-0.25, -0.2) is 15.0 Å². The number of nitrogens with zero attached hydrogens (tertiary/aromatic N) is 4. The first-order valence-corrected chi connectivity index (χ1v) is 5.32. The SMILES string of the molecule is C=CN=c1ccc(-c2ccnc(C)n2)cn1C. The van der Waals surface area contributed by atoms with Crippen molar-refractivity contribution in [1.29, 1.82) is 0 Å². The van der Waals surface area contributed by atoms with E-state index >= 15 is 0 Å². The summed E-state index contributed by atoms with van der Waals surface area (Å²) < 4.78 is 1.94. The van der Waals surface area contributed by atoms with Crippen LogP contribution in [0.2, 0.25) is 0 Å². The highest BCUT2D eigenvalue weighted by Gasteiger charge is 2.00. The average molecular weight is 226 g/mol. The second-order valence-corrected chi connectivity index (χ2v) is 3.69. The Kier molecular flexibility index (Phi) is 3.14. The molecule has 0 unspecified atom stereocenters. The fourth-order valence-corrected chi connectivity index (χ4v) is 1.60. The highest BCUT2D eigenvalue weighted by atomic mass is 15.0. The molecule has 0 aromatic carbocycles. The van der Waals surface area contributed by atoms with Gasteiger partial charge in [-0.15, -0.1) is 0 Å². The zero-order valence-electron chi connectivity index (χ0n) is 9.96. The molecule has 0 amide bonds. The van der Waals surface area contributed by atoms with Crippen LogP contribution in [-0.4, -0.2) is 14.5 Å². The van der Waals surface area contributed by atoms with Gasteiger partial charge in [-0.05, 0) is 25.1 Å². The van der Waals surface area contributed by atoms with E-state index < -0.39 is 0 Å². The highest BCUT2D eigenvalue weighted by molar-refractivity contribution is 5.56. The molecule has 2 aromatic heterocycles. The van der Waals surface area contributed by atoms with E-state index in [1.165, 1.54) is 6.20 Å². The van der Waals surface area contributed by atoms with Crippen molar-refractivity contribution in [2.24, 2.45) is 12.0 Å². The topological polar surface area (TPSA) is 43.1 Å². The van der Waals surface area contributed by atoms with Gasteiger partial charge in [0.15, 0.2) is 0 Å². The van der Waals surface area contributed by atoms with E-state index in [9.17, 15) is 0 Å². The van der Waals surface area contributed by atoms with Crippen LogP contribution in [0.25, 0.3) is 11.3 Å². The summed E-state index contributed by atoms with van der Waals surface area (Å²) in [4.78, 5) is 12.6. The summed E-state index contributed by atoms with van der Waals surface area (Å²) in [6.07, 6.45) is 5.29. The molecule has 2 rings (SSSR count). The van der Waals surface area contributed by atoms with Crippen LogP contribution in [-0.2, 0) is 7.05 Å². The van der Waals surface area contributed by atoms with Gasteiger partial charge in [0.25, 0.3) is 0 Å². The van der Waals surface area contributed by atoms with Gasteiger partial charge < -0.3 is 4.57 Å². The molecule has 0 saturated carbocycles. The Morgan fingerprint density at radius 1 is 1.35 bits per heavy atom. The number of pyridine rings is 1. The molecule has 0 fully saturated rings. The van der Waals surface area contributed by atoms with Crippen LogP contribution in [0, 0.1) is 6.92 Å². The number of hydrogen-bond acceptors (Lipinski definition) is 3. The van der Waals surface area contributed by atoms with Crippen LogP contribution < -0.4 is 5.49 Å². The normalized spacial score (nSPS) is 11.5. The Labute approximate surface area is 100 Å². The first-order chi connectivity index (χ1) is 8.20. The van der Waals surface area contributed by atoms with E-state index in [1.807, 2.05) is 42.9 Å². The molecule has 17 heavy (non-hydrogen) atoms. The molecule has 0 spiro atoms. The summed E-state index contributed by atoms with van der Waals surface area (Å²) in [6.45, 7) is 5.47. The van der Waals surface area contributed by atoms with Crippen molar-refractivity contribution in [2.45, 2.75) is 6.92 Å². The van der Waals surface area contributed by atoms with Crippen LogP contribution in [0.5, 0.6) is 0 Å². The fraction of sp³-hybridized carbons (Fsp3) is 0.154. The van der Waals surface area contributed by atoms with Gasteiger partial charge in [-0.3, -0.25) is 0 Å². The third kappa shape index (κ3) is 2.47. The van der Waals surface area contributed by atoms with Crippen LogP contribution in [0.15, 0.2) is 48.4 Å². The molecule has 0 atom stereocenters. The van der Waals surface area contributed by atoms with Crippen molar-refractivity contribution in [3.05, 3.63) is 54.7 Å². The lowest BCUT2D eigenvalue weighted by molar-refractivity contribution is 0.835. The van der Waals surface area contributed by atoms with Gasteiger partial charge in [0.1, 0.15) is 11.3 Å². The largest absolute Gasteiger partial charge is 0.335 e. The minimum Gasteiger partial charge on any atom is -0.335 e. The van der Waals surface area contributed by atoms with Gasteiger partial charge in [0.2, 0.25) is 0 Å². The van der Waals surface area contributed by atoms with E-state index in [2.05, 4.69) is 21.5 Å². The summed E-state index contributed by atoms with van der Waals surface area (Å²) in [7, 11) is 1.94. The lowest BCUT2D eigenvalue weighted by Crippen LogP contribution is -2.16. The lowest BCUT2D eigenvalue weighted by atomic mass is 10.2. The number of aryl methyl sites for hydroxylation is 2. The van der Waals surface area contributed by atoms with Crippen LogP contribution >= 0.6 is 0 Å². The summed E-state index contributed by atoms with van der Waals surface area (Å²) in [5, 5.41) is 0. The third-order valence-corrected chi connectivity index (χ3v) is 2.40. The molecule has 86 valence electrons. The molecule has 2 aromatic rings. The van der Waals surface area contributed by atoms with Gasteiger partial charge in [0.05, 0.1) is 5.69 Å². The van der Waals surface area contributed by atoms with Gasteiger partial charge >= 0.3 is 0 Å². The number of hydrogen-bond donors (Lipinski definition) is 0. The minimum atomic E-state index is 0.769. The zero-order valence-corrected chi connectivity index (χ0v) is 9.96. The Hall–Kier alpha value is -2.23. The quantitative estimate of drug-likeness (QED) is 0.784. The highest BCUT2D eigenvalue weighted by Crippen LogP contribution is 2.13. The Morgan fingerprint density at radius 3 is 2.82 bits per heavy atom. The van der Waals surface area contributed by atoms with Gasteiger partial charge in [0, 0.05) is 31.2 Å². The van der Waals surface area contributed by atoms with Crippen molar-refractivity contribution >= 4 is 0 Å². The third-order valence-electron chi connectivity index (χ3n) is 2.40. The molecule has 0 saturated heterocycles. The fourth-order valence-electron chi connectivity index (χ4n) is 1.60. The molecule has 0 N–H and O–H groups in total. The van der Waals surface area contributed by atoms with E-state index in [0.717, 1.165) is 22.6 Å². The summed E-state index contributed by atoms with van der Waals surface area (Å²) in [5.74, 6) is 0.769. The first-order valence-electron chi connectivity index (χ1n) is 5.32. The summed E-state index contributed by atoms with van der Waals surface area (Å²) in [6, 6.07) is 5.82. The standard InChI is InChI=1S/C13H14N4/c1-4-14-13-6-5-11(9-17(13)3)12-7-8-15-10(2)16-12/h4-9H,1H2,2-3H3. The lowest BCUT2D eigenvalue weighted by Gasteiger charge is -2.05. The Bertz CT molecular complexity index is 611. The molecule has 2 heterocycles. The van der Waals surface area contributed by atoms with Gasteiger partial charge in [-0.1, -0.05) is 6.58 Å². The average Bonchev–Trinajstić information content (AvgIpc) is 2.32. The molecule has 0 aliphatic rings. The van der Waals surface area contributed by atoms with Crippen molar-refractivity contribution in [3.63, 3.8) is 0 Å². The molecule has 4 heteroatoms. The molecule has 0 bridgehead atoms. The molecule has 4 nitrogen and oxygen atoms in total. The predicted octanol–water partition coefficient (Wildman–Crippen LogP) is 1.83. The van der Waals surface area contributed by atoms with E-state index in [0.29, 0.717) is 0 Å². The second-order valence-electron chi connectivity index (χ2n) is 3.69. The monoisotopic (exact) mass is 226 g/mol. The van der Waals surface area contributed by atoms with Crippen molar-refractivity contribution < 1.29 is 0 Å². The summed E-state index contributed by atoms with van der Waals surface area (Å²) >= 11 is 0. The van der Waals surface area contributed by atoms with E-state index in [-0.39, 0.29) is 0 Å². The first kappa shape index (κ1) is 11.3. The van der Waals surface area contributed by atoms with Crippen LogP contribution in [0.3, 0.4) is 0 Å². The van der Waals surface area contributed by atoms with Crippen molar-refractivity contribution in [3.8, 4) is 11.3 Å². The molecule has 0 radical (unpaired) electrons. The maximum atomic E-state index is 4.38. The van der Waals surface area contributed by atoms with Gasteiger partial charge in [-0.2, -0.15) is 0 Å². The minimum absolute atomic E-state index is 0.769. The Morgan fingerprint density at radius 2 is 2.18 bits per heavy atom. The zero-order chi connectivity index (χ0) is 12.3. The van der Waals surface area contributed by atoms with Crippen LogP contribution in [0.4, 0.5) is 0 Å². The Balaban J connectivity index is 2.52. The second kappa shape index (κ2) is 4.74. The molecule has 0 aliphatic carbocycles. The molecular formula is C13H14N4. The number of rotatable bonds is 2. The summed E-state index contributed by atoms with van der Waals surface area (Å²) in [5.41, 5.74) is 2.81. The molecular weight excluding hydrogens is 212 g/mol.